The molecule has 0 aromatic heterocycles. The molecule has 4 rings (SSSR count). The van der Waals surface area contributed by atoms with Gasteiger partial charge < -0.3 is 9.64 Å². The number of morpholine rings is 1. The molecule has 1 aromatic carbocycles. The van der Waals surface area contributed by atoms with Crippen LogP contribution >= 0.6 is 11.6 Å². The number of carbonyl (C=O) groups is 2. The number of ketones is 2. The van der Waals surface area contributed by atoms with Gasteiger partial charge in [-0.2, -0.15) is 0 Å². The van der Waals surface area contributed by atoms with E-state index in [0.717, 1.165) is 11.3 Å². The summed E-state index contributed by atoms with van der Waals surface area (Å²) < 4.78 is 6.10. The highest BCUT2D eigenvalue weighted by Crippen LogP contribution is 2.52. The Balaban J connectivity index is 1.90. The Morgan fingerprint density at radius 1 is 1.12 bits per heavy atom. The summed E-state index contributed by atoms with van der Waals surface area (Å²) in [5.74, 6) is 0.138. The van der Waals surface area contributed by atoms with Gasteiger partial charge in [-0.25, -0.2) is 0 Å². The van der Waals surface area contributed by atoms with Crippen molar-refractivity contribution in [1.29, 1.82) is 0 Å². The number of hydrogen-bond donors (Lipinski definition) is 0. The standard InChI is InChI=1S/C21H26ClNO3/c1-12-11-23-16-7-15(22)6-5-14(16)8-21(19(23)13(2)26-12)17(24)9-20(3,4)10-18(21)25/h5-7,12-13,19H,8-11H2,1-4H3/t12-,13-,19+/m1/s1. The minimum absolute atomic E-state index is 0.0356. The van der Waals surface area contributed by atoms with Gasteiger partial charge in [0.2, 0.25) is 0 Å². The quantitative estimate of drug-likeness (QED) is 0.647. The third-order valence-electron chi connectivity index (χ3n) is 6.29. The molecule has 1 spiro atoms. The van der Waals surface area contributed by atoms with Crippen LogP contribution in [-0.2, 0) is 20.7 Å². The first kappa shape index (κ1) is 18.0. The van der Waals surface area contributed by atoms with Crippen LogP contribution in [0, 0.1) is 10.8 Å². The van der Waals surface area contributed by atoms with E-state index in [1.807, 2.05) is 45.9 Å². The molecule has 5 heteroatoms. The Bertz CT molecular complexity index is 767. The molecule has 3 atom stereocenters. The second-order valence-electron chi connectivity index (χ2n) is 9.03. The summed E-state index contributed by atoms with van der Waals surface area (Å²) in [6.07, 6.45) is 1.17. The van der Waals surface area contributed by atoms with Crippen molar-refractivity contribution in [2.45, 2.75) is 65.2 Å². The van der Waals surface area contributed by atoms with Crippen LogP contribution in [0.15, 0.2) is 18.2 Å². The molecule has 1 aliphatic carbocycles. The molecular formula is C21H26ClNO3. The smallest absolute Gasteiger partial charge is 0.149 e. The first-order valence-corrected chi connectivity index (χ1v) is 9.79. The average Bonchev–Trinajstić information content (AvgIpc) is 2.51. The first-order chi connectivity index (χ1) is 12.1. The van der Waals surface area contributed by atoms with E-state index in [-0.39, 0.29) is 35.2 Å². The molecule has 0 bridgehead atoms. The van der Waals surface area contributed by atoms with Gasteiger partial charge >= 0.3 is 0 Å². The molecule has 1 aromatic rings. The van der Waals surface area contributed by atoms with Gasteiger partial charge in [0.15, 0.2) is 0 Å². The molecule has 3 aliphatic rings. The van der Waals surface area contributed by atoms with Crippen LogP contribution < -0.4 is 4.90 Å². The van der Waals surface area contributed by atoms with Gasteiger partial charge in [-0.1, -0.05) is 31.5 Å². The lowest BCUT2D eigenvalue weighted by Gasteiger charge is -2.57. The van der Waals surface area contributed by atoms with Gasteiger partial charge in [-0.15, -0.1) is 0 Å². The lowest BCUT2D eigenvalue weighted by atomic mass is 9.55. The van der Waals surface area contributed by atoms with E-state index in [2.05, 4.69) is 4.90 Å². The second-order valence-corrected chi connectivity index (χ2v) is 9.47. The number of fused-ring (bicyclic) bond motifs is 4. The van der Waals surface area contributed by atoms with Crippen molar-refractivity contribution < 1.29 is 14.3 Å². The summed E-state index contributed by atoms with van der Waals surface area (Å²) >= 11 is 6.26. The number of anilines is 1. The molecule has 26 heavy (non-hydrogen) atoms. The van der Waals surface area contributed by atoms with Crippen molar-refractivity contribution in [3.63, 3.8) is 0 Å². The first-order valence-electron chi connectivity index (χ1n) is 9.41. The third-order valence-corrected chi connectivity index (χ3v) is 6.52. The molecule has 1 saturated heterocycles. The molecule has 0 unspecified atom stereocenters. The molecule has 0 radical (unpaired) electrons. The van der Waals surface area contributed by atoms with Crippen LogP contribution in [0.25, 0.3) is 0 Å². The van der Waals surface area contributed by atoms with Gasteiger partial charge in [-0.3, -0.25) is 9.59 Å². The topological polar surface area (TPSA) is 46.6 Å². The highest BCUT2D eigenvalue weighted by Gasteiger charge is 2.62. The highest BCUT2D eigenvalue weighted by molar-refractivity contribution is 6.31. The zero-order valence-electron chi connectivity index (χ0n) is 15.8. The van der Waals surface area contributed by atoms with Crippen LogP contribution in [0.1, 0.15) is 46.1 Å². The van der Waals surface area contributed by atoms with Gasteiger partial charge in [0, 0.05) is 30.1 Å². The molecule has 4 nitrogen and oxygen atoms in total. The van der Waals surface area contributed by atoms with Crippen molar-refractivity contribution in [1.82, 2.24) is 0 Å². The van der Waals surface area contributed by atoms with Crippen LogP contribution in [0.5, 0.6) is 0 Å². The summed E-state index contributed by atoms with van der Waals surface area (Å²) in [5.41, 5.74) is 0.806. The number of Topliss-reactive ketones (excluding diaryl/α,β-unsaturated/α-hetero) is 2. The SMILES string of the molecule is C[C@@H]1CN2c3cc(Cl)ccc3CC3(C(=O)CC(C)(C)CC3=O)[C@@H]2[C@@H](C)O1. The predicted octanol–water partition coefficient (Wildman–Crippen LogP) is 3.82. The lowest BCUT2D eigenvalue weighted by Crippen LogP contribution is -2.70. The Morgan fingerprint density at radius 2 is 1.77 bits per heavy atom. The van der Waals surface area contributed by atoms with Crippen molar-refractivity contribution >= 4 is 28.9 Å². The predicted molar refractivity (Wildman–Crippen MR) is 102 cm³/mol. The van der Waals surface area contributed by atoms with Gasteiger partial charge in [0.25, 0.3) is 0 Å². The number of halogens is 1. The fourth-order valence-electron chi connectivity index (χ4n) is 5.33. The summed E-state index contributed by atoms with van der Waals surface area (Å²) in [6, 6.07) is 5.52. The maximum Gasteiger partial charge on any atom is 0.149 e. The maximum absolute atomic E-state index is 13.4. The Kier molecular flexibility index (Phi) is 4.02. The zero-order chi connectivity index (χ0) is 18.9. The van der Waals surface area contributed by atoms with Crippen LogP contribution in [0.3, 0.4) is 0 Å². The van der Waals surface area contributed by atoms with E-state index in [1.165, 1.54) is 0 Å². The van der Waals surface area contributed by atoms with Crippen molar-refractivity contribution in [3.05, 3.63) is 28.8 Å². The largest absolute Gasteiger partial charge is 0.372 e. The number of ether oxygens (including phenoxy) is 1. The minimum atomic E-state index is -1.00. The van der Waals surface area contributed by atoms with Gasteiger partial charge in [0.1, 0.15) is 17.0 Å². The molecular weight excluding hydrogens is 350 g/mol. The fourth-order valence-corrected chi connectivity index (χ4v) is 5.50. The van der Waals surface area contributed by atoms with Crippen molar-refractivity contribution in [3.8, 4) is 0 Å². The monoisotopic (exact) mass is 375 g/mol. The number of benzene rings is 1. The summed E-state index contributed by atoms with van der Waals surface area (Å²) in [4.78, 5) is 29.1. The molecule has 140 valence electrons. The molecule has 2 fully saturated rings. The lowest BCUT2D eigenvalue weighted by molar-refractivity contribution is -0.157. The zero-order valence-corrected chi connectivity index (χ0v) is 16.6. The van der Waals surface area contributed by atoms with Gasteiger partial charge in [-0.05, 0) is 43.4 Å². The fraction of sp³-hybridized carbons (Fsp3) is 0.619. The second kappa shape index (κ2) is 5.80. The van der Waals surface area contributed by atoms with E-state index in [9.17, 15) is 9.59 Å². The van der Waals surface area contributed by atoms with E-state index in [1.54, 1.807) is 0 Å². The van der Waals surface area contributed by atoms with Crippen molar-refractivity contribution in [2.24, 2.45) is 10.8 Å². The molecule has 1 saturated carbocycles. The molecule has 2 heterocycles. The third kappa shape index (κ3) is 2.53. The maximum atomic E-state index is 13.4. The number of nitrogens with zero attached hydrogens (tertiary/aromatic N) is 1. The van der Waals surface area contributed by atoms with Crippen LogP contribution in [0.2, 0.25) is 5.02 Å². The van der Waals surface area contributed by atoms with Crippen LogP contribution in [0.4, 0.5) is 5.69 Å². The number of rotatable bonds is 0. The van der Waals surface area contributed by atoms with E-state index in [4.69, 9.17) is 16.3 Å². The average molecular weight is 376 g/mol. The summed E-state index contributed by atoms with van der Waals surface area (Å²) in [7, 11) is 0. The van der Waals surface area contributed by atoms with E-state index < -0.39 is 5.41 Å². The Hall–Kier alpha value is -1.39. The minimum Gasteiger partial charge on any atom is -0.372 e. The highest BCUT2D eigenvalue weighted by atomic mass is 35.5. The molecule has 2 aliphatic heterocycles. The van der Waals surface area contributed by atoms with E-state index >= 15 is 0 Å². The Morgan fingerprint density at radius 3 is 2.42 bits per heavy atom. The molecule has 0 amide bonds. The molecule has 0 N–H and O–H groups in total. The summed E-state index contributed by atoms with van der Waals surface area (Å²) in [6.45, 7) is 8.70. The van der Waals surface area contributed by atoms with Crippen LogP contribution in [-0.4, -0.2) is 36.4 Å². The Labute approximate surface area is 159 Å². The van der Waals surface area contributed by atoms with Crippen molar-refractivity contribution in [2.75, 3.05) is 11.4 Å². The number of hydrogen-bond acceptors (Lipinski definition) is 4. The number of carbonyl (C=O) groups excluding carboxylic acids is 2. The summed E-state index contributed by atoms with van der Waals surface area (Å²) in [5, 5.41) is 0.674. The normalized spacial score (nSPS) is 32.3. The van der Waals surface area contributed by atoms with Gasteiger partial charge in [0.05, 0.1) is 18.2 Å². The van der Waals surface area contributed by atoms with E-state index in [0.29, 0.717) is 30.8 Å².